The number of unbranched alkanes of at least 4 members (excludes halogenated alkanes) is 1. The minimum absolute atomic E-state index is 0.156. The van der Waals surface area contributed by atoms with Gasteiger partial charge in [0.25, 0.3) is 0 Å². The summed E-state index contributed by atoms with van der Waals surface area (Å²) in [5.41, 5.74) is 0.969. The lowest BCUT2D eigenvalue weighted by molar-refractivity contribution is -0.145. The van der Waals surface area contributed by atoms with Crippen molar-refractivity contribution in [2.24, 2.45) is 0 Å². The van der Waals surface area contributed by atoms with Crippen molar-refractivity contribution in [2.45, 2.75) is 112 Å². The van der Waals surface area contributed by atoms with Crippen LogP contribution in [0.25, 0.3) is 0 Å². The Bertz CT molecular complexity index is 785. The molecule has 0 aromatic heterocycles. The Morgan fingerprint density at radius 3 is 2.08 bits per heavy atom. The Morgan fingerprint density at radius 2 is 1.50 bits per heavy atom. The van der Waals surface area contributed by atoms with Gasteiger partial charge in [-0.25, -0.2) is 14.4 Å². The van der Waals surface area contributed by atoms with E-state index in [1.54, 1.807) is 41.5 Å². The van der Waals surface area contributed by atoms with Gasteiger partial charge in [0, 0.05) is 6.54 Å². The highest BCUT2D eigenvalue weighted by Crippen LogP contribution is 2.11. The molecule has 0 aliphatic rings. The SMILES string of the molecule is CC=CC=C(C)CCC=C(C)COC(=O)C(CCCCNC(=O)OC(C)(C)C)NC(=O)OC(C)(C)C. The molecule has 0 aromatic carbocycles. The van der Waals surface area contributed by atoms with E-state index in [1.807, 2.05) is 26.0 Å². The number of amides is 2. The quantitative estimate of drug-likeness (QED) is 0.0985. The molecule has 0 radical (unpaired) electrons. The molecule has 8 heteroatoms. The van der Waals surface area contributed by atoms with Crippen LogP contribution in [-0.2, 0) is 19.0 Å². The minimum Gasteiger partial charge on any atom is -0.460 e. The topological polar surface area (TPSA) is 103 Å². The van der Waals surface area contributed by atoms with Gasteiger partial charge in [0.15, 0.2) is 0 Å². The summed E-state index contributed by atoms with van der Waals surface area (Å²) in [5, 5.41) is 5.31. The van der Waals surface area contributed by atoms with Crippen LogP contribution < -0.4 is 10.6 Å². The average Bonchev–Trinajstić information content (AvgIpc) is 2.72. The molecule has 0 fully saturated rings. The molecule has 36 heavy (non-hydrogen) atoms. The van der Waals surface area contributed by atoms with Crippen molar-refractivity contribution in [1.29, 1.82) is 0 Å². The molecule has 0 aliphatic heterocycles. The number of ether oxygens (including phenoxy) is 3. The number of rotatable bonds is 13. The monoisotopic (exact) mass is 508 g/mol. The van der Waals surface area contributed by atoms with Crippen molar-refractivity contribution in [3.05, 3.63) is 35.5 Å². The highest BCUT2D eigenvalue weighted by Gasteiger charge is 2.25. The summed E-state index contributed by atoms with van der Waals surface area (Å²) in [6, 6.07) is -0.847. The van der Waals surface area contributed by atoms with E-state index >= 15 is 0 Å². The van der Waals surface area contributed by atoms with Gasteiger partial charge in [0.1, 0.15) is 23.9 Å². The van der Waals surface area contributed by atoms with Crippen LogP contribution in [0.4, 0.5) is 9.59 Å². The Balaban J connectivity index is 4.80. The summed E-state index contributed by atoms with van der Waals surface area (Å²) in [6.45, 7) is 17.2. The predicted molar refractivity (Wildman–Crippen MR) is 144 cm³/mol. The van der Waals surface area contributed by atoms with Crippen LogP contribution in [-0.4, -0.2) is 48.6 Å². The van der Waals surface area contributed by atoms with Crippen molar-refractivity contribution in [2.75, 3.05) is 13.2 Å². The standard InChI is InChI=1S/C28H48N2O6/c1-10-11-15-21(2)16-14-17-22(3)20-34-24(31)23(30-26(33)36-28(7,8)9)18-12-13-19-29-25(32)35-27(4,5)6/h10-11,15,17,23H,12-14,16,18-20H2,1-9H3,(H,29,32)(H,30,33). The fraction of sp³-hybridized carbons (Fsp3) is 0.679. The maximum Gasteiger partial charge on any atom is 0.408 e. The fourth-order valence-electron chi connectivity index (χ4n) is 2.91. The molecule has 0 rings (SSSR count). The molecule has 1 unspecified atom stereocenters. The first-order valence-corrected chi connectivity index (χ1v) is 12.7. The summed E-state index contributed by atoms with van der Waals surface area (Å²) in [6.07, 6.45) is 10.3. The third-order valence-corrected chi connectivity index (χ3v) is 4.61. The Morgan fingerprint density at radius 1 is 0.889 bits per heavy atom. The van der Waals surface area contributed by atoms with E-state index in [1.165, 1.54) is 5.57 Å². The van der Waals surface area contributed by atoms with Gasteiger partial charge in [0.05, 0.1) is 0 Å². The number of carbonyl (C=O) groups excluding carboxylic acids is 3. The summed E-state index contributed by atoms with van der Waals surface area (Å²) in [5.74, 6) is -0.516. The van der Waals surface area contributed by atoms with Crippen LogP contribution in [0.1, 0.15) is 94.4 Å². The molecule has 2 N–H and O–H groups in total. The molecule has 0 spiro atoms. The smallest absolute Gasteiger partial charge is 0.408 e. The van der Waals surface area contributed by atoms with E-state index in [2.05, 4.69) is 29.7 Å². The molecule has 8 nitrogen and oxygen atoms in total. The van der Waals surface area contributed by atoms with E-state index in [4.69, 9.17) is 14.2 Å². The number of carbonyl (C=O) groups is 3. The first kappa shape index (κ1) is 33.2. The van der Waals surface area contributed by atoms with E-state index < -0.39 is 35.4 Å². The van der Waals surface area contributed by atoms with E-state index in [-0.39, 0.29) is 6.61 Å². The first-order chi connectivity index (χ1) is 16.6. The van der Waals surface area contributed by atoms with Crippen LogP contribution in [0, 0.1) is 0 Å². The summed E-state index contributed by atoms with van der Waals surface area (Å²) >= 11 is 0. The maximum absolute atomic E-state index is 12.8. The third kappa shape index (κ3) is 19.5. The lowest BCUT2D eigenvalue weighted by Crippen LogP contribution is -2.44. The van der Waals surface area contributed by atoms with E-state index in [0.29, 0.717) is 25.8 Å². The van der Waals surface area contributed by atoms with Crippen molar-refractivity contribution in [1.82, 2.24) is 10.6 Å². The molecule has 0 saturated heterocycles. The minimum atomic E-state index is -0.847. The van der Waals surface area contributed by atoms with E-state index in [9.17, 15) is 14.4 Å². The zero-order valence-electron chi connectivity index (χ0n) is 23.8. The summed E-state index contributed by atoms with van der Waals surface area (Å²) < 4.78 is 16.0. The van der Waals surface area contributed by atoms with Crippen molar-refractivity contribution in [3.63, 3.8) is 0 Å². The zero-order chi connectivity index (χ0) is 27.8. The lowest BCUT2D eigenvalue weighted by atomic mass is 10.1. The molecule has 0 aromatic rings. The number of hydrogen-bond donors (Lipinski definition) is 2. The second-order valence-corrected chi connectivity index (χ2v) is 10.9. The van der Waals surface area contributed by atoms with Crippen molar-refractivity contribution >= 4 is 18.2 Å². The van der Waals surface area contributed by atoms with Crippen LogP contribution in [0.3, 0.4) is 0 Å². The third-order valence-electron chi connectivity index (χ3n) is 4.61. The number of alkyl carbamates (subject to hydrolysis) is 2. The molecule has 2 amide bonds. The lowest BCUT2D eigenvalue weighted by Gasteiger charge is -2.23. The van der Waals surface area contributed by atoms with Crippen LogP contribution in [0.5, 0.6) is 0 Å². The molecule has 0 aliphatic carbocycles. The van der Waals surface area contributed by atoms with Gasteiger partial charge in [-0.3, -0.25) is 0 Å². The molecular formula is C28H48N2O6. The van der Waals surface area contributed by atoms with Gasteiger partial charge in [-0.05, 0) is 100.0 Å². The highest BCUT2D eigenvalue weighted by atomic mass is 16.6. The molecule has 0 heterocycles. The first-order valence-electron chi connectivity index (χ1n) is 12.7. The highest BCUT2D eigenvalue weighted by molar-refractivity contribution is 5.81. The van der Waals surface area contributed by atoms with Gasteiger partial charge < -0.3 is 24.8 Å². The van der Waals surface area contributed by atoms with Crippen LogP contribution in [0.15, 0.2) is 35.5 Å². The number of esters is 1. The average molecular weight is 509 g/mol. The van der Waals surface area contributed by atoms with E-state index in [0.717, 1.165) is 18.4 Å². The largest absolute Gasteiger partial charge is 0.460 e. The molecular weight excluding hydrogens is 460 g/mol. The number of allylic oxidation sites excluding steroid dienone is 5. The van der Waals surface area contributed by atoms with Gasteiger partial charge in [-0.15, -0.1) is 0 Å². The Labute approximate surface area is 217 Å². The normalized spacial score (nSPS) is 13.8. The van der Waals surface area contributed by atoms with Crippen molar-refractivity contribution in [3.8, 4) is 0 Å². The van der Waals surface area contributed by atoms with Gasteiger partial charge in [0.2, 0.25) is 0 Å². The molecule has 1 atom stereocenters. The van der Waals surface area contributed by atoms with Gasteiger partial charge in [-0.2, -0.15) is 0 Å². The van der Waals surface area contributed by atoms with Crippen LogP contribution >= 0.6 is 0 Å². The second kappa shape index (κ2) is 16.8. The van der Waals surface area contributed by atoms with Crippen molar-refractivity contribution < 1.29 is 28.6 Å². The summed E-state index contributed by atoms with van der Waals surface area (Å²) in [4.78, 5) is 36.8. The number of nitrogens with one attached hydrogen (secondary N) is 2. The predicted octanol–water partition coefficient (Wildman–Crippen LogP) is 6.37. The fourth-order valence-corrected chi connectivity index (χ4v) is 2.91. The maximum atomic E-state index is 12.8. The summed E-state index contributed by atoms with van der Waals surface area (Å²) in [7, 11) is 0. The van der Waals surface area contributed by atoms with Gasteiger partial charge in [-0.1, -0.05) is 29.9 Å². The zero-order valence-corrected chi connectivity index (χ0v) is 23.8. The molecule has 206 valence electrons. The Hall–Kier alpha value is -2.77. The number of hydrogen-bond acceptors (Lipinski definition) is 6. The van der Waals surface area contributed by atoms with Gasteiger partial charge >= 0.3 is 18.2 Å². The van der Waals surface area contributed by atoms with Crippen LogP contribution in [0.2, 0.25) is 0 Å². The Kier molecular flexibility index (Phi) is 15.5. The second-order valence-electron chi connectivity index (χ2n) is 10.9. The molecule has 0 bridgehead atoms. The molecule has 0 saturated carbocycles.